The van der Waals surface area contributed by atoms with Crippen LogP contribution < -0.4 is 10.4 Å². The van der Waals surface area contributed by atoms with E-state index < -0.39 is 5.60 Å². The number of rotatable bonds is 4. The number of benzene rings is 1. The van der Waals surface area contributed by atoms with Crippen LogP contribution in [0.1, 0.15) is 39.2 Å². The Labute approximate surface area is 167 Å². The smallest absolute Gasteiger partial charge is 0.410 e. The highest BCUT2D eigenvalue weighted by Gasteiger charge is 2.26. The quantitative estimate of drug-likeness (QED) is 0.768. The number of hydrogen-bond acceptors (Lipinski definition) is 6. The number of piperazine rings is 1. The van der Waals surface area contributed by atoms with Crippen molar-refractivity contribution in [2.45, 2.75) is 39.2 Å². The summed E-state index contributed by atoms with van der Waals surface area (Å²) in [7, 11) is 0. The average Bonchev–Trinajstić information content (AvgIpc) is 3.18. The number of ether oxygens (including phenoxy) is 1. The molecule has 0 aromatic heterocycles. The molecule has 2 aliphatic rings. The molecule has 0 aliphatic carbocycles. The summed E-state index contributed by atoms with van der Waals surface area (Å²) in [5.74, 6) is 0. The number of carbonyl (C=O) groups excluding carboxylic acids is 1. The maximum atomic E-state index is 12.2. The Morgan fingerprint density at radius 3 is 2.39 bits per heavy atom. The highest BCUT2D eigenvalue weighted by molar-refractivity contribution is 5.72. The lowest BCUT2D eigenvalue weighted by atomic mass is 10.1. The van der Waals surface area contributed by atoms with Crippen LogP contribution in [-0.2, 0) is 4.74 Å². The second kappa shape index (κ2) is 8.73. The Hall–Kier alpha value is -2.41. The van der Waals surface area contributed by atoms with Gasteiger partial charge in [0.25, 0.3) is 0 Å². The second-order valence-electron chi connectivity index (χ2n) is 8.40. The normalized spacial score (nSPS) is 18.1. The van der Waals surface area contributed by atoms with Crippen molar-refractivity contribution in [3.63, 3.8) is 0 Å². The molecule has 2 saturated heterocycles. The van der Waals surface area contributed by atoms with Crippen molar-refractivity contribution in [3.8, 4) is 0 Å². The van der Waals surface area contributed by atoms with Crippen LogP contribution in [0, 0.1) is 0 Å². The molecule has 0 radical (unpaired) electrons. The first-order valence-electron chi connectivity index (χ1n) is 10.0. The van der Waals surface area contributed by atoms with Crippen LogP contribution in [0.25, 0.3) is 6.08 Å². The molecular formula is C21H32N4O3. The van der Waals surface area contributed by atoms with E-state index in [-0.39, 0.29) is 6.09 Å². The Balaban J connectivity index is 1.64. The number of nitrogens with one attached hydrogen (secondary N) is 1. The third-order valence-corrected chi connectivity index (χ3v) is 5.06. The number of amides is 1. The average molecular weight is 389 g/mol. The van der Waals surface area contributed by atoms with Gasteiger partial charge in [0.1, 0.15) is 5.60 Å². The molecule has 7 nitrogen and oxygen atoms in total. The van der Waals surface area contributed by atoms with Crippen molar-refractivity contribution in [1.82, 2.24) is 9.80 Å². The predicted octanol–water partition coefficient (Wildman–Crippen LogP) is 3.61. The fourth-order valence-corrected chi connectivity index (χ4v) is 3.54. The van der Waals surface area contributed by atoms with Crippen molar-refractivity contribution < 1.29 is 14.7 Å². The highest BCUT2D eigenvalue weighted by atomic mass is 16.6. The van der Waals surface area contributed by atoms with Gasteiger partial charge in [0, 0.05) is 50.5 Å². The summed E-state index contributed by atoms with van der Waals surface area (Å²) in [5, 5.41) is 9.43. The molecule has 28 heavy (non-hydrogen) atoms. The first-order valence-corrected chi connectivity index (χ1v) is 10.0. The number of carbonyl (C=O) groups is 1. The highest BCUT2D eigenvalue weighted by Crippen LogP contribution is 2.26. The van der Waals surface area contributed by atoms with E-state index in [1.165, 1.54) is 12.8 Å². The number of anilines is 2. The van der Waals surface area contributed by atoms with Crippen molar-refractivity contribution in [1.29, 1.82) is 0 Å². The molecule has 0 saturated carbocycles. The zero-order valence-electron chi connectivity index (χ0n) is 17.1. The molecule has 1 amide bonds. The van der Waals surface area contributed by atoms with Gasteiger partial charge >= 0.3 is 6.09 Å². The standard InChI is InChI=1S/C21H32N4O3/c1-21(2,3)28-20(26)25-14-12-24(13-15-25)18-6-7-19(22-27)17(16-18)8-11-23-9-4-5-10-23/h6-8,11,16,22,27H,4-5,9-10,12-15H2,1-3H3/b11-8+. The Bertz CT molecular complexity index is 700. The SMILES string of the molecule is CC(C)(C)OC(=O)N1CCN(c2ccc(NO)c(/C=C/N3CCCC3)c2)CC1. The van der Waals surface area contributed by atoms with Gasteiger partial charge in [-0.2, -0.15) is 0 Å². The number of likely N-dealkylation sites (tertiary alicyclic amines) is 1. The van der Waals surface area contributed by atoms with Crippen LogP contribution >= 0.6 is 0 Å². The van der Waals surface area contributed by atoms with Gasteiger partial charge in [-0.3, -0.25) is 10.7 Å². The van der Waals surface area contributed by atoms with Gasteiger partial charge in [-0.25, -0.2) is 4.79 Å². The molecule has 1 aromatic rings. The molecule has 2 aliphatic heterocycles. The van der Waals surface area contributed by atoms with E-state index in [1.807, 2.05) is 39.0 Å². The van der Waals surface area contributed by atoms with Crippen LogP contribution in [0.5, 0.6) is 0 Å². The third kappa shape index (κ3) is 5.32. The minimum absolute atomic E-state index is 0.249. The monoisotopic (exact) mass is 388 g/mol. The first kappa shape index (κ1) is 20.3. The molecule has 2 fully saturated rings. The molecule has 0 spiro atoms. The lowest BCUT2D eigenvalue weighted by Crippen LogP contribution is -2.50. The molecule has 7 heteroatoms. The lowest BCUT2D eigenvalue weighted by molar-refractivity contribution is 0.0240. The molecular weight excluding hydrogens is 356 g/mol. The molecule has 0 atom stereocenters. The Kier molecular flexibility index (Phi) is 6.34. The number of hydrogen-bond donors (Lipinski definition) is 2. The first-order chi connectivity index (χ1) is 13.4. The zero-order valence-corrected chi connectivity index (χ0v) is 17.1. The Morgan fingerprint density at radius 1 is 1.11 bits per heavy atom. The molecule has 154 valence electrons. The molecule has 3 rings (SSSR count). The fraction of sp³-hybridized carbons (Fsp3) is 0.571. The van der Waals surface area contributed by atoms with Gasteiger partial charge in [0.2, 0.25) is 0 Å². The van der Waals surface area contributed by atoms with Crippen LogP contribution in [0.4, 0.5) is 16.2 Å². The molecule has 0 unspecified atom stereocenters. The topological polar surface area (TPSA) is 68.3 Å². The van der Waals surface area contributed by atoms with Crippen molar-refractivity contribution in [3.05, 3.63) is 30.0 Å². The van der Waals surface area contributed by atoms with E-state index in [0.717, 1.165) is 37.4 Å². The molecule has 2 heterocycles. The van der Waals surface area contributed by atoms with Gasteiger partial charge in [0.15, 0.2) is 0 Å². The second-order valence-corrected chi connectivity index (χ2v) is 8.40. The Morgan fingerprint density at radius 2 is 1.79 bits per heavy atom. The number of nitrogens with zero attached hydrogens (tertiary/aromatic N) is 3. The van der Waals surface area contributed by atoms with E-state index in [4.69, 9.17) is 4.74 Å². The summed E-state index contributed by atoms with van der Waals surface area (Å²) in [5.41, 5.74) is 4.53. The van der Waals surface area contributed by atoms with E-state index in [2.05, 4.69) is 27.5 Å². The van der Waals surface area contributed by atoms with Gasteiger partial charge in [0.05, 0.1) is 5.69 Å². The zero-order chi connectivity index (χ0) is 20.1. The predicted molar refractivity (Wildman–Crippen MR) is 112 cm³/mol. The molecule has 1 aromatic carbocycles. The minimum atomic E-state index is -0.474. The molecule has 0 bridgehead atoms. The van der Waals surface area contributed by atoms with Crippen molar-refractivity contribution in [2.75, 3.05) is 49.6 Å². The largest absolute Gasteiger partial charge is 0.444 e. The summed E-state index contributed by atoms with van der Waals surface area (Å²) < 4.78 is 5.47. The van der Waals surface area contributed by atoms with Gasteiger partial charge in [-0.05, 0) is 64.1 Å². The van der Waals surface area contributed by atoms with Crippen LogP contribution in [-0.4, -0.2) is 66.0 Å². The fourth-order valence-electron chi connectivity index (χ4n) is 3.54. The van der Waals surface area contributed by atoms with Crippen molar-refractivity contribution >= 4 is 23.5 Å². The minimum Gasteiger partial charge on any atom is -0.444 e. The van der Waals surface area contributed by atoms with Gasteiger partial charge in [-0.1, -0.05) is 0 Å². The van der Waals surface area contributed by atoms with Crippen LogP contribution in [0.15, 0.2) is 24.4 Å². The van der Waals surface area contributed by atoms with E-state index in [1.54, 1.807) is 4.90 Å². The maximum absolute atomic E-state index is 12.2. The summed E-state index contributed by atoms with van der Waals surface area (Å²) in [6, 6.07) is 5.96. The van der Waals surface area contributed by atoms with Gasteiger partial charge < -0.3 is 19.4 Å². The summed E-state index contributed by atoms with van der Waals surface area (Å²) in [6.07, 6.45) is 6.37. The van der Waals surface area contributed by atoms with E-state index >= 15 is 0 Å². The van der Waals surface area contributed by atoms with Crippen LogP contribution in [0.2, 0.25) is 0 Å². The summed E-state index contributed by atoms with van der Waals surface area (Å²) >= 11 is 0. The third-order valence-electron chi connectivity index (χ3n) is 5.06. The van der Waals surface area contributed by atoms with Crippen molar-refractivity contribution in [2.24, 2.45) is 0 Å². The van der Waals surface area contributed by atoms with Gasteiger partial charge in [-0.15, -0.1) is 0 Å². The maximum Gasteiger partial charge on any atom is 0.410 e. The van der Waals surface area contributed by atoms with Crippen LogP contribution in [0.3, 0.4) is 0 Å². The molecule has 2 N–H and O–H groups in total. The summed E-state index contributed by atoms with van der Waals surface area (Å²) in [6.45, 7) is 10.6. The lowest BCUT2D eigenvalue weighted by Gasteiger charge is -2.37. The summed E-state index contributed by atoms with van der Waals surface area (Å²) in [4.78, 5) is 18.6. The van der Waals surface area contributed by atoms with E-state index in [0.29, 0.717) is 18.8 Å². The van der Waals surface area contributed by atoms with E-state index in [9.17, 15) is 10.0 Å².